The smallest absolute Gasteiger partial charge is 0.335 e. The normalized spacial score (nSPS) is 15.3. The number of carboxylic acids is 2. The number of hydrogen-bond donors (Lipinski definition) is 2. The molecule has 1 saturated heterocycles. The minimum absolute atomic E-state index is 0.0177. The standard InChI is InChI=1S/C13H18N2O4S.C7H5ClO4S/c1-2-14-7-9-15(10-8-14)20(18,19)12-5-3-11(4-6-12)13(16)17;8-13(11,12)6-3-1-5(2-4-6)7(9)10/h3-6H,2,7-10H2,1H3,(H,16,17);1-4H,(H,9,10). The van der Waals surface area contributed by atoms with E-state index in [0.29, 0.717) is 13.1 Å². The van der Waals surface area contributed by atoms with Gasteiger partial charge in [0.25, 0.3) is 9.05 Å². The zero-order valence-electron chi connectivity index (χ0n) is 17.6. The summed E-state index contributed by atoms with van der Waals surface area (Å²) in [6.07, 6.45) is 0. The summed E-state index contributed by atoms with van der Waals surface area (Å²) in [7, 11) is -2.27. The average Bonchev–Trinajstić information content (AvgIpc) is 2.79. The maximum atomic E-state index is 12.4. The topological polar surface area (TPSA) is 149 Å². The molecule has 1 aliphatic heterocycles. The number of likely N-dealkylation sites (N-methyl/N-ethyl adjacent to an activating group) is 1. The fraction of sp³-hybridized carbons (Fsp3) is 0.300. The van der Waals surface area contributed by atoms with Gasteiger partial charge < -0.3 is 15.1 Å². The highest BCUT2D eigenvalue weighted by molar-refractivity contribution is 8.13. The van der Waals surface area contributed by atoms with Gasteiger partial charge in [-0.05, 0) is 55.1 Å². The van der Waals surface area contributed by atoms with Crippen molar-refractivity contribution in [3.8, 4) is 0 Å². The minimum atomic E-state index is -3.77. The van der Waals surface area contributed by atoms with Gasteiger partial charge in [-0.3, -0.25) is 0 Å². The summed E-state index contributed by atoms with van der Waals surface area (Å²) in [6.45, 7) is 5.36. The first-order valence-corrected chi connectivity index (χ1v) is 13.4. The second-order valence-corrected chi connectivity index (χ2v) is 11.4. The van der Waals surface area contributed by atoms with Gasteiger partial charge in [-0.15, -0.1) is 0 Å². The van der Waals surface area contributed by atoms with E-state index >= 15 is 0 Å². The Morgan fingerprint density at radius 1 is 0.788 bits per heavy atom. The summed E-state index contributed by atoms with van der Waals surface area (Å²) in [6, 6.07) is 9.98. The van der Waals surface area contributed by atoms with Crippen LogP contribution in [-0.4, -0.2) is 80.9 Å². The van der Waals surface area contributed by atoms with E-state index in [9.17, 15) is 26.4 Å². The summed E-state index contributed by atoms with van der Waals surface area (Å²) in [5, 5.41) is 17.3. The molecule has 13 heteroatoms. The number of aromatic carboxylic acids is 2. The molecule has 1 heterocycles. The first-order chi connectivity index (χ1) is 15.4. The van der Waals surface area contributed by atoms with Crippen molar-refractivity contribution >= 4 is 41.7 Å². The molecule has 0 saturated carbocycles. The number of halogens is 1. The molecule has 0 aromatic heterocycles. The highest BCUT2D eigenvalue weighted by atomic mass is 35.7. The molecule has 2 N–H and O–H groups in total. The number of benzene rings is 2. The van der Waals surface area contributed by atoms with Crippen LogP contribution in [0.3, 0.4) is 0 Å². The van der Waals surface area contributed by atoms with Crippen molar-refractivity contribution in [3.05, 3.63) is 59.7 Å². The molecule has 180 valence electrons. The average molecular weight is 519 g/mol. The Kier molecular flexibility index (Phi) is 8.97. The van der Waals surface area contributed by atoms with Crippen LogP contribution >= 0.6 is 10.7 Å². The monoisotopic (exact) mass is 518 g/mol. The first kappa shape index (κ1) is 26.7. The molecular weight excluding hydrogens is 496 g/mol. The highest BCUT2D eigenvalue weighted by Crippen LogP contribution is 2.18. The van der Waals surface area contributed by atoms with Crippen LogP contribution in [0.1, 0.15) is 27.6 Å². The van der Waals surface area contributed by atoms with Gasteiger partial charge in [0.1, 0.15) is 0 Å². The molecule has 1 aliphatic rings. The molecular formula is C20H23ClN2O8S2. The lowest BCUT2D eigenvalue weighted by atomic mass is 10.2. The van der Waals surface area contributed by atoms with E-state index < -0.39 is 31.0 Å². The molecule has 33 heavy (non-hydrogen) atoms. The largest absolute Gasteiger partial charge is 0.478 e. The van der Waals surface area contributed by atoms with Crippen molar-refractivity contribution in [1.29, 1.82) is 0 Å². The van der Waals surface area contributed by atoms with E-state index in [2.05, 4.69) is 11.8 Å². The quantitative estimate of drug-likeness (QED) is 0.547. The van der Waals surface area contributed by atoms with E-state index in [1.807, 2.05) is 0 Å². The van der Waals surface area contributed by atoms with Crippen molar-refractivity contribution in [1.82, 2.24) is 9.21 Å². The van der Waals surface area contributed by atoms with Gasteiger partial charge in [-0.1, -0.05) is 6.92 Å². The van der Waals surface area contributed by atoms with E-state index in [1.165, 1.54) is 40.7 Å². The van der Waals surface area contributed by atoms with Crippen LogP contribution in [0, 0.1) is 0 Å². The van der Waals surface area contributed by atoms with Gasteiger partial charge in [0.05, 0.1) is 20.9 Å². The number of rotatable bonds is 6. The van der Waals surface area contributed by atoms with Crippen LogP contribution in [0.15, 0.2) is 58.3 Å². The van der Waals surface area contributed by atoms with Crippen molar-refractivity contribution in [2.45, 2.75) is 16.7 Å². The van der Waals surface area contributed by atoms with Crippen molar-refractivity contribution in [2.75, 3.05) is 32.7 Å². The van der Waals surface area contributed by atoms with E-state index in [1.54, 1.807) is 0 Å². The zero-order valence-corrected chi connectivity index (χ0v) is 20.0. The van der Waals surface area contributed by atoms with Gasteiger partial charge in [0.15, 0.2) is 0 Å². The Hall–Kier alpha value is -2.51. The fourth-order valence-corrected chi connectivity index (χ4v) is 5.16. The number of sulfonamides is 1. The number of carboxylic acid groups (broad SMARTS) is 2. The van der Waals surface area contributed by atoms with Gasteiger partial charge >= 0.3 is 11.9 Å². The second-order valence-electron chi connectivity index (χ2n) is 6.94. The van der Waals surface area contributed by atoms with Crippen molar-refractivity contribution in [2.24, 2.45) is 0 Å². The third-order valence-corrected chi connectivity index (χ3v) is 8.18. The molecule has 0 atom stereocenters. The van der Waals surface area contributed by atoms with Crippen LogP contribution in [0.2, 0.25) is 0 Å². The predicted molar refractivity (Wildman–Crippen MR) is 121 cm³/mol. The van der Waals surface area contributed by atoms with Crippen LogP contribution in [0.5, 0.6) is 0 Å². The molecule has 0 radical (unpaired) electrons. The van der Waals surface area contributed by atoms with E-state index in [-0.39, 0.29) is 20.9 Å². The molecule has 0 unspecified atom stereocenters. The molecule has 0 amide bonds. The summed E-state index contributed by atoms with van der Waals surface area (Å²) < 4.78 is 47.8. The number of hydrogen-bond acceptors (Lipinski definition) is 7. The molecule has 0 bridgehead atoms. The summed E-state index contributed by atoms with van der Waals surface area (Å²) in [5.74, 6) is -2.18. The second kappa shape index (κ2) is 11.1. The first-order valence-electron chi connectivity index (χ1n) is 9.70. The number of nitrogens with zero attached hydrogens (tertiary/aromatic N) is 2. The zero-order chi connectivity index (χ0) is 24.8. The lowest BCUT2D eigenvalue weighted by Gasteiger charge is -2.33. The maximum Gasteiger partial charge on any atom is 0.335 e. The Balaban J connectivity index is 0.000000257. The predicted octanol–water partition coefficient (Wildman–Crippen LogP) is 2.02. The third-order valence-electron chi connectivity index (χ3n) is 4.90. The number of piperazine rings is 1. The molecule has 0 spiro atoms. The summed E-state index contributed by atoms with van der Waals surface area (Å²) in [4.78, 5) is 23.4. The van der Waals surface area contributed by atoms with Crippen molar-refractivity contribution in [3.63, 3.8) is 0 Å². The van der Waals surface area contributed by atoms with E-state index in [4.69, 9.17) is 20.9 Å². The molecule has 2 aromatic rings. The van der Waals surface area contributed by atoms with Crippen LogP contribution in [0.4, 0.5) is 0 Å². The Morgan fingerprint density at radius 3 is 1.52 bits per heavy atom. The minimum Gasteiger partial charge on any atom is -0.478 e. The van der Waals surface area contributed by atoms with Crippen LogP contribution in [0.25, 0.3) is 0 Å². The van der Waals surface area contributed by atoms with Gasteiger partial charge in [-0.25, -0.2) is 26.4 Å². The summed E-state index contributed by atoms with van der Waals surface area (Å²) in [5.41, 5.74) is 0.101. The lowest BCUT2D eigenvalue weighted by Crippen LogP contribution is -2.48. The molecule has 10 nitrogen and oxygen atoms in total. The Morgan fingerprint density at radius 2 is 1.18 bits per heavy atom. The molecule has 1 fully saturated rings. The van der Waals surface area contributed by atoms with Gasteiger partial charge in [-0.2, -0.15) is 4.31 Å². The van der Waals surface area contributed by atoms with E-state index in [0.717, 1.165) is 31.8 Å². The summed E-state index contributed by atoms with van der Waals surface area (Å²) >= 11 is 0. The fourth-order valence-electron chi connectivity index (χ4n) is 2.96. The van der Waals surface area contributed by atoms with Crippen molar-refractivity contribution < 1.29 is 36.6 Å². The van der Waals surface area contributed by atoms with Gasteiger partial charge in [0, 0.05) is 36.9 Å². The molecule has 3 rings (SSSR count). The Labute approximate surface area is 196 Å². The maximum absolute atomic E-state index is 12.4. The highest BCUT2D eigenvalue weighted by Gasteiger charge is 2.28. The van der Waals surface area contributed by atoms with Gasteiger partial charge in [0.2, 0.25) is 10.0 Å². The Bertz CT molecular complexity index is 1190. The molecule has 0 aliphatic carbocycles. The number of carbonyl (C=O) groups is 2. The lowest BCUT2D eigenvalue weighted by molar-refractivity contribution is 0.0686. The van der Waals surface area contributed by atoms with Crippen LogP contribution in [-0.2, 0) is 19.1 Å². The van der Waals surface area contributed by atoms with Crippen LogP contribution < -0.4 is 0 Å². The third kappa shape index (κ3) is 7.24. The molecule has 2 aromatic carbocycles. The SMILES string of the molecule is CCN1CCN(S(=O)(=O)c2ccc(C(=O)O)cc2)CC1.O=C(O)c1ccc(S(=O)(=O)Cl)cc1.